The lowest BCUT2D eigenvalue weighted by atomic mass is 10.1. The Labute approximate surface area is 121 Å². The summed E-state index contributed by atoms with van der Waals surface area (Å²) in [6.07, 6.45) is 1.79. The minimum atomic E-state index is -0.399. The summed E-state index contributed by atoms with van der Waals surface area (Å²) >= 11 is 0. The highest BCUT2D eigenvalue weighted by molar-refractivity contribution is 6.05. The van der Waals surface area contributed by atoms with E-state index in [-0.39, 0.29) is 11.7 Å². The highest BCUT2D eigenvalue weighted by Gasteiger charge is 2.16. The Morgan fingerprint density at radius 2 is 1.95 bits per heavy atom. The van der Waals surface area contributed by atoms with Gasteiger partial charge >= 0.3 is 0 Å². The van der Waals surface area contributed by atoms with Gasteiger partial charge in [-0.15, -0.1) is 0 Å². The maximum absolute atomic E-state index is 13.7. The second-order valence-electron chi connectivity index (χ2n) is 4.96. The molecule has 106 valence electrons. The van der Waals surface area contributed by atoms with Crippen LogP contribution in [0.15, 0.2) is 54.7 Å². The van der Waals surface area contributed by atoms with E-state index in [4.69, 9.17) is 0 Å². The van der Waals surface area contributed by atoms with Crippen molar-refractivity contribution in [1.82, 2.24) is 10.3 Å². The molecule has 1 amide bonds. The first-order valence-corrected chi connectivity index (χ1v) is 6.78. The van der Waals surface area contributed by atoms with E-state index in [2.05, 4.69) is 10.3 Å². The number of hydrogen-bond donors (Lipinski definition) is 2. The SMILES string of the molecule is CC(NC(=O)c1cccc2cc[nH]c12)c1ccccc1F. The number of rotatable bonds is 3. The predicted octanol–water partition coefficient (Wildman–Crippen LogP) is 3.80. The van der Waals surface area contributed by atoms with Gasteiger partial charge in [-0.1, -0.05) is 30.3 Å². The summed E-state index contributed by atoms with van der Waals surface area (Å²) in [6, 6.07) is 13.5. The number of fused-ring (bicyclic) bond motifs is 1. The highest BCUT2D eigenvalue weighted by atomic mass is 19.1. The number of para-hydroxylation sites is 1. The summed E-state index contributed by atoms with van der Waals surface area (Å²) in [4.78, 5) is 15.5. The predicted molar refractivity (Wildman–Crippen MR) is 80.6 cm³/mol. The Kier molecular flexibility index (Phi) is 3.44. The Morgan fingerprint density at radius 3 is 2.76 bits per heavy atom. The second-order valence-corrected chi connectivity index (χ2v) is 4.96. The van der Waals surface area contributed by atoms with E-state index in [0.717, 1.165) is 10.9 Å². The largest absolute Gasteiger partial charge is 0.361 e. The first-order chi connectivity index (χ1) is 10.2. The molecule has 3 aromatic rings. The van der Waals surface area contributed by atoms with E-state index in [1.165, 1.54) is 6.07 Å². The highest BCUT2D eigenvalue weighted by Crippen LogP contribution is 2.20. The maximum atomic E-state index is 13.7. The number of carbonyl (C=O) groups is 1. The van der Waals surface area contributed by atoms with Crippen molar-refractivity contribution in [2.75, 3.05) is 0 Å². The van der Waals surface area contributed by atoms with E-state index >= 15 is 0 Å². The Balaban J connectivity index is 1.87. The third-order valence-electron chi connectivity index (χ3n) is 3.55. The van der Waals surface area contributed by atoms with Crippen molar-refractivity contribution in [1.29, 1.82) is 0 Å². The van der Waals surface area contributed by atoms with Crippen LogP contribution in [-0.2, 0) is 0 Å². The molecule has 0 aliphatic heterocycles. The summed E-state index contributed by atoms with van der Waals surface area (Å²) in [5, 5.41) is 3.81. The summed E-state index contributed by atoms with van der Waals surface area (Å²) in [7, 11) is 0. The molecule has 0 spiro atoms. The minimum Gasteiger partial charge on any atom is -0.361 e. The van der Waals surface area contributed by atoms with Crippen LogP contribution in [0.1, 0.15) is 28.9 Å². The lowest BCUT2D eigenvalue weighted by Crippen LogP contribution is -2.27. The maximum Gasteiger partial charge on any atom is 0.253 e. The molecular formula is C17H15FN2O. The lowest BCUT2D eigenvalue weighted by molar-refractivity contribution is 0.0941. The van der Waals surface area contributed by atoms with Crippen molar-refractivity contribution in [3.63, 3.8) is 0 Å². The normalized spacial score (nSPS) is 12.3. The van der Waals surface area contributed by atoms with E-state index in [1.54, 1.807) is 37.4 Å². The van der Waals surface area contributed by atoms with Crippen molar-refractivity contribution in [2.45, 2.75) is 13.0 Å². The van der Waals surface area contributed by atoms with Crippen LogP contribution < -0.4 is 5.32 Å². The number of H-pyrrole nitrogens is 1. The van der Waals surface area contributed by atoms with Gasteiger partial charge in [-0.2, -0.15) is 0 Å². The molecule has 1 aromatic heterocycles. The molecule has 1 atom stereocenters. The molecule has 2 aromatic carbocycles. The number of hydrogen-bond acceptors (Lipinski definition) is 1. The van der Waals surface area contributed by atoms with Gasteiger partial charge in [0.15, 0.2) is 0 Å². The molecule has 0 fully saturated rings. The topological polar surface area (TPSA) is 44.9 Å². The third-order valence-corrected chi connectivity index (χ3v) is 3.55. The Bertz CT molecular complexity index is 794. The zero-order valence-electron chi connectivity index (χ0n) is 11.6. The smallest absolute Gasteiger partial charge is 0.253 e. The van der Waals surface area contributed by atoms with Crippen molar-refractivity contribution in [3.8, 4) is 0 Å². The molecule has 0 bridgehead atoms. The first kappa shape index (κ1) is 13.4. The van der Waals surface area contributed by atoms with Crippen molar-refractivity contribution in [3.05, 3.63) is 71.7 Å². The van der Waals surface area contributed by atoms with Gasteiger partial charge in [0.05, 0.1) is 17.1 Å². The molecule has 1 unspecified atom stereocenters. The van der Waals surface area contributed by atoms with Crippen LogP contribution in [-0.4, -0.2) is 10.9 Å². The standard InChI is InChI=1S/C17H15FN2O/c1-11(13-6-2-3-8-15(13)18)20-17(21)14-7-4-5-12-9-10-19-16(12)14/h2-11,19H,1H3,(H,20,21). The monoisotopic (exact) mass is 282 g/mol. The summed E-state index contributed by atoms with van der Waals surface area (Å²) in [5.41, 5.74) is 1.82. The van der Waals surface area contributed by atoms with Gasteiger partial charge < -0.3 is 10.3 Å². The molecule has 2 N–H and O–H groups in total. The summed E-state index contributed by atoms with van der Waals surface area (Å²) < 4.78 is 13.7. The van der Waals surface area contributed by atoms with Gasteiger partial charge in [0.2, 0.25) is 0 Å². The molecule has 0 aliphatic carbocycles. The third kappa shape index (κ3) is 2.52. The van der Waals surface area contributed by atoms with E-state index in [9.17, 15) is 9.18 Å². The lowest BCUT2D eigenvalue weighted by Gasteiger charge is -2.15. The number of nitrogens with one attached hydrogen (secondary N) is 2. The molecule has 3 rings (SSSR count). The Hall–Kier alpha value is -2.62. The van der Waals surface area contributed by atoms with Crippen LogP contribution >= 0.6 is 0 Å². The zero-order valence-corrected chi connectivity index (χ0v) is 11.6. The fourth-order valence-electron chi connectivity index (χ4n) is 2.45. The van der Waals surface area contributed by atoms with Crippen LogP contribution in [0.25, 0.3) is 10.9 Å². The Morgan fingerprint density at radius 1 is 1.14 bits per heavy atom. The first-order valence-electron chi connectivity index (χ1n) is 6.78. The molecule has 3 nitrogen and oxygen atoms in total. The van der Waals surface area contributed by atoms with Crippen LogP contribution in [0.5, 0.6) is 0 Å². The van der Waals surface area contributed by atoms with Crippen molar-refractivity contribution < 1.29 is 9.18 Å². The minimum absolute atomic E-state index is 0.223. The van der Waals surface area contributed by atoms with Gasteiger partial charge in [0.1, 0.15) is 5.82 Å². The molecule has 21 heavy (non-hydrogen) atoms. The van der Waals surface area contributed by atoms with Gasteiger partial charge in [-0.3, -0.25) is 4.79 Å². The van der Waals surface area contributed by atoms with Gasteiger partial charge in [0.25, 0.3) is 5.91 Å². The van der Waals surface area contributed by atoms with Crippen LogP contribution in [0, 0.1) is 5.82 Å². The number of aromatic amines is 1. The van der Waals surface area contributed by atoms with Crippen LogP contribution in [0.4, 0.5) is 4.39 Å². The number of halogens is 1. The van der Waals surface area contributed by atoms with Crippen LogP contribution in [0.2, 0.25) is 0 Å². The average Bonchev–Trinajstić information content (AvgIpc) is 2.95. The van der Waals surface area contributed by atoms with Crippen molar-refractivity contribution >= 4 is 16.8 Å². The fourth-order valence-corrected chi connectivity index (χ4v) is 2.45. The molecule has 0 aliphatic rings. The van der Waals surface area contributed by atoms with E-state index in [0.29, 0.717) is 11.1 Å². The summed E-state index contributed by atoms with van der Waals surface area (Å²) in [6.45, 7) is 1.77. The van der Waals surface area contributed by atoms with Crippen molar-refractivity contribution in [2.24, 2.45) is 0 Å². The van der Waals surface area contributed by atoms with Gasteiger partial charge in [0, 0.05) is 17.1 Å². The van der Waals surface area contributed by atoms with E-state index < -0.39 is 6.04 Å². The quantitative estimate of drug-likeness (QED) is 0.754. The number of carbonyl (C=O) groups excluding carboxylic acids is 1. The number of benzene rings is 2. The number of aromatic nitrogens is 1. The van der Waals surface area contributed by atoms with Crippen LogP contribution in [0.3, 0.4) is 0 Å². The van der Waals surface area contributed by atoms with E-state index in [1.807, 2.05) is 18.2 Å². The fraction of sp³-hybridized carbons (Fsp3) is 0.118. The second kappa shape index (κ2) is 5.40. The molecular weight excluding hydrogens is 267 g/mol. The average molecular weight is 282 g/mol. The summed E-state index contributed by atoms with van der Waals surface area (Å²) in [5.74, 6) is -0.540. The number of amides is 1. The molecule has 1 heterocycles. The molecule has 4 heteroatoms. The zero-order chi connectivity index (χ0) is 14.8. The van der Waals surface area contributed by atoms with Gasteiger partial charge in [-0.05, 0) is 25.1 Å². The molecule has 0 saturated heterocycles. The van der Waals surface area contributed by atoms with Gasteiger partial charge in [-0.25, -0.2) is 4.39 Å². The molecule has 0 saturated carbocycles. The molecule has 0 radical (unpaired) electrons.